The molecule has 0 spiro atoms. The van der Waals surface area contributed by atoms with E-state index in [-0.39, 0.29) is 0 Å². The zero-order chi connectivity index (χ0) is 12.9. The van der Waals surface area contributed by atoms with Crippen molar-refractivity contribution < 1.29 is 4.58 Å². The van der Waals surface area contributed by atoms with Crippen LogP contribution in [0.15, 0.2) is 54.7 Å². The van der Waals surface area contributed by atoms with Crippen molar-refractivity contribution in [1.82, 2.24) is 4.48 Å². The molecule has 92 valence electrons. The summed E-state index contributed by atoms with van der Waals surface area (Å²) in [7, 11) is 2.27. The van der Waals surface area contributed by atoms with Gasteiger partial charge in [0, 0.05) is 23.8 Å². The minimum atomic E-state index is 0.858. The molecule has 2 aliphatic rings. The predicted octanol–water partition coefficient (Wildman–Crippen LogP) is 3.34. The van der Waals surface area contributed by atoms with Gasteiger partial charge in [-0.3, -0.25) is 0 Å². The molecule has 4 rings (SSSR count). The summed E-state index contributed by atoms with van der Waals surface area (Å²) in [5, 5.41) is 0. The van der Waals surface area contributed by atoms with Crippen LogP contribution < -0.4 is 4.48 Å². The van der Waals surface area contributed by atoms with E-state index in [0.29, 0.717) is 0 Å². The lowest BCUT2D eigenvalue weighted by atomic mass is 10.1. The van der Waals surface area contributed by atoms with Gasteiger partial charge in [0.05, 0.1) is 7.05 Å². The minimum absolute atomic E-state index is 0.858. The van der Waals surface area contributed by atoms with E-state index in [0.717, 1.165) is 11.2 Å². The highest BCUT2D eigenvalue weighted by atomic mass is 15.4. The first kappa shape index (κ1) is 10.7. The molecule has 0 amide bonds. The van der Waals surface area contributed by atoms with Crippen LogP contribution in [-0.2, 0) is 0 Å². The lowest BCUT2D eigenvalue weighted by Crippen LogP contribution is -2.46. The SMILES string of the molecule is C[N+]12C=Cc3cccc(c31)C=[N+](c1ccccc1)C2. The fourth-order valence-corrected chi connectivity index (χ4v) is 3.15. The van der Waals surface area contributed by atoms with Gasteiger partial charge in [-0.25, -0.2) is 4.48 Å². The first-order valence-electron chi connectivity index (χ1n) is 6.61. The molecule has 0 saturated carbocycles. The Morgan fingerprint density at radius 1 is 0.947 bits per heavy atom. The topological polar surface area (TPSA) is 3.01 Å². The minimum Gasteiger partial charge on any atom is -0.211 e. The zero-order valence-corrected chi connectivity index (χ0v) is 11.0. The van der Waals surface area contributed by atoms with Gasteiger partial charge in [-0.15, -0.1) is 4.58 Å². The Labute approximate surface area is 113 Å². The maximum absolute atomic E-state index is 2.34. The smallest absolute Gasteiger partial charge is 0.211 e. The molecule has 1 atom stereocenters. The molecule has 2 aromatic carbocycles. The van der Waals surface area contributed by atoms with Crippen LogP contribution in [-0.4, -0.2) is 24.5 Å². The van der Waals surface area contributed by atoms with Gasteiger partial charge >= 0.3 is 0 Å². The van der Waals surface area contributed by atoms with Crippen molar-refractivity contribution in [1.29, 1.82) is 0 Å². The van der Waals surface area contributed by atoms with Crippen LogP contribution >= 0.6 is 0 Å². The molecule has 1 unspecified atom stereocenters. The molecule has 2 heterocycles. The molecule has 0 fully saturated rings. The van der Waals surface area contributed by atoms with Gasteiger partial charge in [-0.05, 0) is 12.1 Å². The molecule has 2 aliphatic heterocycles. The molecular formula is C17H16N2+2. The van der Waals surface area contributed by atoms with Crippen LogP contribution in [0.1, 0.15) is 11.1 Å². The molecule has 0 aliphatic carbocycles. The van der Waals surface area contributed by atoms with Crippen molar-refractivity contribution in [3.8, 4) is 0 Å². The lowest BCUT2D eigenvalue weighted by Gasteiger charge is -2.28. The standard InChI is InChI=1S/C17H16N2/c1-19-11-10-14-6-5-7-15(17(14)19)12-18(13-19)16-8-3-2-4-9-16/h2-12H,13H2,1H3/q+2. The monoisotopic (exact) mass is 248 g/mol. The average molecular weight is 248 g/mol. The number of nitrogens with zero attached hydrogens (tertiary/aromatic N) is 2. The quantitative estimate of drug-likeness (QED) is 0.538. The van der Waals surface area contributed by atoms with Crippen molar-refractivity contribution in [3.05, 3.63) is 65.9 Å². The largest absolute Gasteiger partial charge is 0.285 e. The highest BCUT2D eigenvalue weighted by Crippen LogP contribution is 2.39. The van der Waals surface area contributed by atoms with Crippen LogP contribution in [0.3, 0.4) is 0 Å². The molecule has 0 aromatic heterocycles. The van der Waals surface area contributed by atoms with E-state index in [2.05, 4.69) is 78.6 Å². The van der Waals surface area contributed by atoms with Crippen molar-refractivity contribution in [2.24, 2.45) is 0 Å². The van der Waals surface area contributed by atoms with E-state index in [1.807, 2.05) is 0 Å². The summed E-state index contributed by atoms with van der Waals surface area (Å²) in [6.45, 7) is 0.949. The summed E-state index contributed by atoms with van der Waals surface area (Å²) in [5.74, 6) is 0. The number of para-hydroxylation sites is 2. The van der Waals surface area contributed by atoms with E-state index < -0.39 is 0 Å². The van der Waals surface area contributed by atoms with Gasteiger partial charge < -0.3 is 0 Å². The molecule has 2 heteroatoms. The van der Waals surface area contributed by atoms with E-state index in [9.17, 15) is 0 Å². The Bertz CT molecular complexity index is 713. The summed E-state index contributed by atoms with van der Waals surface area (Å²) in [6.07, 6.45) is 6.79. The van der Waals surface area contributed by atoms with Gasteiger partial charge in [0.15, 0.2) is 11.9 Å². The van der Waals surface area contributed by atoms with Crippen LogP contribution in [0.4, 0.5) is 11.4 Å². The van der Waals surface area contributed by atoms with Gasteiger partial charge in [-0.2, -0.15) is 0 Å². The average Bonchev–Trinajstić information content (AvgIpc) is 2.79. The van der Waals surface area contributed by atoms with E-state index in [1.165, 1.54) is 22.5 Å². The third kappa shape index (κ3) is 1.50. The third-order valence-corrected chi connectivity index (χ3v) is 4.02. The second kappa shape index (κ2) is 3.65. The highest BCUT2D eigenvalue weighted by molar-refractivity contribution is 5.92. The molecule has 0 radical (unpaired) electrons. The third-order valence-electron chi connectivity index (χ3n) is 4.02. The van der Waals surface area contributed by atoms with Gasteiger partial charge in [-0.1, -0.05) is 24.3 Å². The van der Waals surface area contributed by atoms with E-state index in [4.69, 9.17) is 0 Å². The number of hydrogen-bond donors (Lipinski definition) is 0. The van der Waals surface area contributed by atoms with Crippen molar-refractivity contribution in [3.63, 3.8) is 0 Å². The number of rotatable bonds is 1. The Morgan fingerprint density at radius 2 is 1.74 bits per heavy atom. The fourth-order valence-electron chi connectivity index (χ4n) is 3.15. The van der Waals surface area contributed by atoms with Crippen molar-refractivity contribution >= 4 is 23.7 Å². The van der Waals surface area contributed by atoms with Crippen LogP contribution in [0.25, 0.3) is 6.08 Å². The van der Waals surface area contributed by atoms with E-state index >= 15 is 0 Å². The maximum Gasteiger partial charge on any atom is 0.285 e. The number of quaternary nitrogens is 1. The first-order chi connectivity index (χ1) is 9.26. The van der Waals surface area contributed by atoms with E-state index in [1.54, 1.807) is 0 Å². The highest BCUT2D eigenvalue weighted by Gasteiger charge is 2.40. The van der Waals surface area contributed by atoms with Crippen LogP contribution in [0.5, 0.6) is 0 Å². The molecule has 19 heavy (non-hydrogen) atoms. The molecule has 2 aromatic rings. The second-order valence-electron chi connectivity index (χ2n) is 5.44. The fraction of sp³-hybridized carbons (Fsp3) is 0.118. The predicted molar refractivity (Wildman–Crippen MR) is 79.6 cm³/mol. The van der Waals surface area contributed by atoms with Crippen molar-refractivity contribution in [2.45, 2.75) is 0 Å². The first-order valence-corrected chi connectivity index (χ1v) is 6.61. The summed E-state index contributed by atoms with van der Waals surface area (Å²) in [5.41, 5.74) is 5.34. The zero-order valence-electron chi connectivity index (χ0n) is 11.0. The van der Waals surface area contributed by atoms with Crippen LogP contribution in [0.2, 0.25) is 0 Å². The normalized spacial score (nSPS) is 23.1. The maximum atomic E-state index is 2.34. The molecule has 0 bridgehead atoms. The Balaban J connectivity index is 1.93. The summed E-state index contributed by atoms with van der Waals surface area (Å²) >= 11 is 0. The Kier molecular flexibility index (Phi) is 2.06. The second-order valence-corrected chi connectivity index (χ2v) is 5.44. The summed E-state index contributed by atoms with van der Waals surface area (Å²) in [4.78, 5) is 0. The van der Waals surface area contributed by atoms with Crippen LogP contribution in [0, 0.1) is 0 Å². The Hall–Kier alpha value is -2.19. The number of benzene rings is 2. The summed E-state index contributed by atoms with van der Waals surface area (Å²) < 4.78 is 3.19. The number of hydrogen-bond acceptors (Lipinski definition) is 0. The molecule has 2 nitrogen and oxygen atoms in total. The Morgan fingerprint density at radius 3 is 2.58 bits per heavy atom. The van der Waals surface area contributed by atoms with Gasteiger partial charge in [0.2, 0.25) is 5.69 Å². The molecular weight excluding hydrogens is 232 g/mol. The molecule has 0 N–H and O–H groups in total. The summed E-state index contributed by atoms with van der Waals surface area (Å²) in [6, 6.07) is 17.1. The van der Waals surface area contributed by atoms with Crippen molar-refractivity contribution in [2.75, 3.05) is 13.7 Å². The van der Waals surface area contributed by atoms with Gasteiger partial charge in [0.1, 0.15) is 11.8 Å². The van der Waals surface area contributed by atoms with Gasteiger partial charge in [0.25, 0.3) is 6.67 Å². The lowest BCUT2D eigenvalue weighted by molar-refractivity contribution is -0.457. The molecule has 0 saturated heterocycles.